The van der Waals surface area contributed by atoms with Crippen molar-refractivity contribution in [3.8, 4) is 0 Å². The van der Waals surface area contributed by atoms with Crippen molar-refractivity contribution in [1.82, 2.24) is 0 Å². The third-order valence-electron chi connectivity index (χ3n) is 2.33. The first kappa shape index (κ1) is 12.9. The first-order valence-corrected chi connectivity index (χ1v) is 7.64. The molecular weight excluding hydrogens is 243 g/mol. The lowest BCUT2D eigenvalue weighted by Crippen LogP contribution is -2.27. The molecule has 84 valence electrons. The number of rotatable bonds is 4. The van der Waals surface area contributed by atoms with Crippen LogP contribution in [0.2, 0.25) is 0 Å². The van der Waals surface area contributed by atoms with E-state index in [0.717, 1.165) is 25.7 Å². The maximum absolute atomic E-state index is 6.14. The fourth-order valence-corrected chi connectivity index (χ4v) is 3.14. The Morgan fingerprint density at radius 3 is 2.29 bits per heavy atom. The molecule has 1 aliphatic rings. The molecule has 2 atom stereocenters. The third kappa shape index (κ3) is 3.44. The molecule has 0 saturated heterocycles. The van der Waals surface area contributed by atoms with Crippen molar-refractivity contribution in [1.29, 1.82) is 0 Å². The minimum absolute atomic E-state index is 0.0175. The van der Waals surface area contributed by atoms with Crippen LogP contribution in [0.5, 0.6) is 0 Å². The van der Waals surface area contributed by atoms with Crippen LogP contribution in [0.3, 0.4) is 0 Å². The van der Waals surface area contributed by atoms with Crippen LogP contribution in [-0.2, 0) is 25.4 Å². The molecule has 0 aliphatic heterocycles. The molecule has 0 heterocycles. The topological polar surface area (TPSA) is 27.7 Å². The van der Waals surface area contributed by atoms with Crippen LogP contribution in [0.25, 0.3) is 0 Å². The van der Waals surface area contributed by atoms with Crippen LogP contribution >= 0.6 is 18.3 Å². The number of alkyl halides is 1. The van der Waals surface area contributed by atoms with E-state index < -0.39 is 6.72 Å². The number of halogens is 1. The third-order valence-corrected chi connectivity index (χ3v) is 5.41. The van der Waals surface area contributed by atoms with Crippen molar-refractivity contribution in [2.24, 2.45) is 0 Å². The van der Waals surface area contributed by atoms with Gasteiger partial charge in [0.15, 0.2) is 0 Å². The van der Waals surface area contributed by atoms with E-state index in [-0.39, 0.29) is 11.5 Å². The SMILES string of the molecule is COP(=S)(OC)OC1CCCCC1Cl. The largest absolute Gasteiger partial charge is 0.326 e. The van der Waals surface area contributed by atoms with E-state index in [1.165, 1.54) is 14.2 Å². The molecule has 0 spiro atoms. The highest BCUT2D eigenvalue weighted by atomic mass is 35.5. The van der Waals surface area contributed by atoms with Crippen LogP contribution in [0.1, 0.15) is 25.7 Å². The Labute approximate surface area is 95.3 Å². The molecule has 0 aromatic rings. The second-order valence-corrected chi connectivity index (χ2v) is 6.99. The van der Waals surface area contributed by atoms with Gasteiger partial charge in [0, 0.05) is 14.2 Å². The zero-order valence-corrected chi connectivity index (χ0v) is 10.9. The van der Waals surface area contributed by atoms with Crippen molar-refractivity contribution in [2.75, 3.05) is 14.2 Å². The van der Waals surface area contributed by atoms with Gasteiger partial charge in [-0.2, -0.15) is 0 Å². The highest BCUT2D eigenvalue weighted by molar-refractivity contribution is 8.07. The Morgan fingerprint density at radius 1 is 1.21 bits per heavy atom. The standard InChI is InChI=1S/C8H16ClO3PS/c1-10-13(14,11-2)12-8-6-4-3-5-7(8)9/h7-8H,3-6H2,1-2H3. The van der Waals surface area contributed by atoms with Crippen LogP contribution < -0.4 is 0 Å². The van der Waals surface area contributed by atoms with E-state index in [2.05, 4.69) is 0 Å². The first-order chi connectivity index (χ1) is 6.61. The van der Waals surface area contributed by atoms with Crippen molar-refractivity contribution < 1.29 is 13.6 Å². The molecule has 6 heteroatoms. The Morgan fingerprint density at radius 2 is 1.79 bits per heavy atom. The van der Waals surface area contributed by atoms with Gasteiger partial charge in [-0.3, -0.25) is 0 Å². The monoisotopic (exact) mass is 258 g/mol. The maximum atomic E-state index is 6.14. The van der Waals surface area contributed by atoms with Crippen LogP contribution in [-0.4, -0.2) is 25.7 Å². The normalized spacial score (nSPS) is 29.1. The minimum Gasteiger partial charge on any atom is -0.312 e. The number of hydrogen-bond donors (Lipinski definition) is 0. The molecule has 1 fully saturated rings. The molecule has 1 rings (SSSR count). The lowest BCUT2D eigenvalue weighted by molar-refractivity contribution is 0.116. The van der Waals surface area contributed by atoms with Crippen LogP contribution in [0.4, 0.5) is 0 Å². The summed E-state index contributed by atoms with van der Waals surface area (Å²) in [6.45, 7) is -2.54. The Hall–Kier alpha value is 0.820. The number of hydrogen-bond acceptors (Lipinski definition) is 4. The summed E-state index contributed by atoms with van der Waals surface area (Å²) < 4.78 is 15.8. The lowest BCUT2D eigenvalue weighted by atomic mass is 9.97. The average molecular weight is 259 g/mol. The second kappa shape index (κ2) is 5.78. The summed E-state index contributed by atoms with van der Waals surface area (Å²) in [4.78, 5) is 0. The van der Waals surface area contributed by atoms with E-state index in [0.29, 0.717) is 0 Å². The van der Waals surface area contributed by atoms with Gasteiger partial charge in [0.2, 0.25) is 0 Å². The van der Waals surface area contributed by atoms with E-state index in [4.69, 9.17) is 37.0 Å². The van der Waals surface area contributed by atoms with E-state index in [1.807, 2.05) is 0 Å². The second-order valence-electron chi connectivity index (χ2n) is 3.26. The summed E-state index contributed by atoms with van der Waals surface area (Å²) in [5.41, 5.74) is 0. The van der Waals surface area contributed by atoms with Crippen molar-refractivity contribution in [2.45, 2.75) is 37.2 Å². The highest BCUT2D eigenvalue weighted by Gasteiger charge is 2.30. The minimum atomic E-state index is -2.54. The summed E-state index contributed by atoms with van der Waals surface area (Å²) in [6.07, 6.45) is 4.21. The maximum Gasteiger partial charge on any atom is 0.326 e. The Bertz CT molecular complexity index is 219. The summed E-state index contributed by atoms with van der Waals surface area (Å²) in [6, 6.07) is 0. The van der Waals surface area contributed by atoms with Crippen molar-refractivity contribution >= 4 is 30.1 Å². The molecule has 0 N–H and O–H groups in total. The quantitative estimate of drug-likeness (QED) is 0.572. The van der Waals surface area contributed by atoms with Crippen LogP contribution in [0.15, 0.2) is 0 Å². The molecule has 0 radical (unpaired) electrons. The lowest BCUT2D eigenvalue weighted by Gasteiger charge is -2.30. The first-order valence-electron chi connectivity index (χ1n) is 4.65. The van der Waals surface area contributed by atoms with E-state index in [9.17, 15) is 0 Å². The average Bonchev–Trinajstić information content (AvgIpc) is 2.21. The van der Waals surface area contributed by atoms with Gasteiger partial charge in [0.1, 0.15) is 0 Å². The van der Waals surface area contributed by atoms with Gasteiger partial charge in [0.25, 0.3) is 0 Å². The van der Waals surface area contributed by atoms with Gasteiger partial charge in [-0.25, -0.2) is 0 Å². The van der Waals surface area contributed by atoms with Gasteiger partial charge in [-0.05, 0) is 24.6 Å². The molecular formula is C8H16ClO3PS. The highest BCUT2D eigenvalue weighted by Crippen LogP contribution is 2.51. The molecule has 2 unspecified atom stereocenters. The Balaban J connectivity index is 2.52. The Kier molecular flexibility index (Phi) is 5.32. The van der Waals surface area contributed by atoms with Crippen LogP contribution in [0, 0.1) is 0 Å². The zero-order valence-electron chi connectivity index (χ0n) is 8.44. The zero-order chi connectivity index (χ0) is 10.6. The van der Waals surface area contributed by atoms with Crippen molar-refractivity contribution in [3.05, 3.63) is 0 Å². The summed E-state index contributed by atoms with van der Waals surface area (Å²) in [5, 5.41) is 0.0383. The predicted octanol–water partition coefficient (Wildman–Crippen LogP) is 3.07. The van der Waals surface area contributed by atoms with Gasteiger partial charge >= 0.3 is 6.72 Å². The van der Waals surface area contributed by atoms with Crippen molar-refractivity contribution in [3.63, 3.8) is 0 Å². The van der Waals surface area contributed by atoms with Gasteiger partial charge in [-0.15, -0.1) is 11.6 Å². The van der Waals surface area contributed by atoms with Gasteiger partial charge in [0.05, 0.1) is 11.5 Å². The molecule has 0 aromatic carbocycles. The predicted molar refractivity (Wildman–Crippen MR) is 61.3 cm³/mol. The fraction of sp³-hybridized carbons (Fsp3) is 1.00. The molecule has 0 aromatic heterocycles. The molecule has 14 heavy (non-hydrogen) atoms. The summed E-state index contributed by atoms with van der Waals surface area (Å²) in [7, 11) is 3.02. The van der Waals surface area contributed by atoms with Gasteiger partial charge < -0.3 is 13.6 Å². The summed E-state index contributed by atoms with van der Waals surface area (Å²) >= 11 is 11.3. The smallest absolute Gasteiger partial charge is 0.312 e. The van der Waals surface area contributed by atoms with E-state index >= 15 is 0 Å². The molecule has 1 saturated carbocycles. The molecule has 1 aliphatic carbocycles. The molecule has 0 bridgehead atoms. The fourth-order valence-electron chi connectivity index (χ4n) is 1.50. The molecule has 0 amide bonds. The van der Waals surface area contributed by atoms with E-state index in [1.54, 1.807) is 0 Å². The molecule has 3 nitrogen and oxygen atoms in total. The van der Waals surface area contributed by atoms with Gasteiger partial charge in [-0.1, -0.05) is 12.8 Å². The summed E-state index contributed by atoms with van der Waals surface area (Å²) in [5.74, 6) is 0.